The number of amides is 1. The van der Waals surface area contributed by atoms with Crippen LogP contribution in [-0.2, 0) is 22.6 Å². The van der Waals surface area contributed by atoms with Crippen LogP contribution in [0.5, 0.6) is 5.75 Å². The van der Waals surface area contributed by atoms with Gasteiger partial charge in [-0.3, -0.25) is 9.69 Å². The Bertz CT molecular complexity index is 728. The zero-order valence-electron chi connectivity index (χ0n) is 15.5. The molecule has 2 aromatic carbocycles. The van der Waals surface area contributed by atoms with Crippen molar-refractivity contribution in [2.24, 2.45) is 0 Å². The van der Waals surface area contributed by atoms with Gasteiger partial charge in [0.15, 0.2) is 6.10 Å². The highest BCUT2D eigenvalue weighted by molar-refractivity contribution is 9.10. The second kappa shape index (κ2) is 9.88. The maximum atomic E-state index is 12.3. The highest BCUT2D eigenvalue weighted by atomic mass is 79.9. The zero-order chi connectivity index (χ0) is 19.1. The van der Waals surface area contributed by atoms with E-state index in [1.807, 2.05) is 24.3 Å². The molecule has 0 aliphatic carbocycles. The third-order valence-electron chi connectivity index (χ3n) is 4.50. The van der Waals surface area contributed by atoms with Crippen molar-refractivity contribution in [2.45, 2.75) is 26.1 Å². The summed E-state index contributed by atoms with van der Waals surface area (Å²) in [6.07, 6.45) is -0.549. The number of carbonyl (C=O) groups is 1. The van der Waals surface area contributed by atoms with Crippen molar-refractivity contribution in [2.75, 3.05) is 26.3 Å². The molecule has 0 saturated carbocycles. The van der Waals surface area contributed by atoms with E-state index in [0.29, 0.717) is 12.3 Å². The van der Waals surface area contributed by atoms with Gasteiger partial charge in [0.1, 0.15) is 5.75 Å². The molecule has 0 unspecified atom stereocenters. The summed E-state index contributed by atoms with van der Waals surface area (Å²) in [4.78, 5) is 14.6. The molecule has 144 valence electrons. The van der Waals surface area contributed by atoms with Crippen molar-refractivity contribution in [3.63, 3.8) is 0 Å². The Morgan fingerprint density at radius 2 is 1.74 bits per heavy atom. The first kappa shape index (κ1) is 19.9. The fraction of sp³-hybridized carbons (Fsp3) is 0.381. The van der Waals surface area contributed by atoms with E-state index in [2.05, 4.69) is 50.4 Å². The number of nitrogens with zero attached hydrogens (tertiary/aromatic N) is 1. The molecular weight excluding hydrogens is 408 g/mol. The van der Waals surface area contributed by atoms with Gasteiger partial charge in [0.25, 0.3) is 5.91 Å². The van der Waals surface area contributed by atoms with Crippen LogP contribution in [0, 0.1) is 0 Å². The molecule has 3 rings (SSSR count). The van der Waals surface area contributed by atoms with Crippen molar-refractivity contribution < 1.29 is 14.3 Å². The van der Waals surface area contributed by atoms with Crippen LogP contribution in [0.15, 0.2) is 53.0 Å². The van der Waals surface area contributed by atoms with E-state index in [1.54, 1.807) is 6.92 Å². The van der Waals surface area contributed by atoms with Crippen LogP contribution in [0.25, 0.3) is 0 Å². The van der Waals surface area contributed by atoms with Crippen LogP contribution < -0.4 is 10.1 Å². The van der Waals surface area contributed by atoms with Gasteiger partial charge in [-0.2, -0.15) is 0 Å². The van der Waals surface area contributed by atoms with E-state index < -0.39 is 6.10 Å². The lowest BCUT2D eigenvalue weighted by Crippen LogP contribution is -2.36. The topological polar surface area (TPSA) is 50.8 Å². The van der Waals surface area contributed by atoms with Gasteiger partial charge >= 0.3 is 0 Å². The van der Waals surface area contributed by atoms with Crippen molar-refractivity contribution in [1.82, 2.24) is 10.2 Å². The molecule has 6 heteroatoms. The van der Waals surface area contributed by atoms with Crippen molar-refractivity contribution in [3.8, 4) is 5.75 Å². The lowest BCUT2D eigenvalue weighted by atomic mass is 10.1. The van der Waals surface area contributed by atoms with Gasteiger partial charge in [-0.05, 0) is 42.3 Å². The Hall–Kier alpha value is -1.89. The van der Waals surface area contributed by atoms with Crippen molar-refractivity contribution >= 4 is 21.8 Å². The summed E-state index contributed by atoms with van der Waals surface area (Å²) in [7, 11) is 0. The van der Waals surface area contributed by atoms with Gasteiger partial charge in [0.2, 0.25) is 0 Å². The molecule has 1 aliphatic heterocycles. The smallest absolute Gasteiger partial charge is 0.261 e. The number of nitrogens with one attached hydrogen (secondary N) is 1. The first-order chi connectivity index (χ1) is 13.1. The number of morpholine rings is 1. The van der Waals surface area contributed by atoms with E-state index in [-0.39, 0.29) is 5.91 Å². The van der Waals surface area contributed by atoms with Gasteiger partial charge in [-0.1, -0.05) is 40.2 Å². The second-order valence-corrected chi connectivity index (χ2v) is 7.55. The SMILES string of the molecule is C[C@H](Oc1ccc(Br)cc1)C(=O)NCc1ccc(CN2CCOCC2)cc1. The minimum absolute atomic E-state index is 0.129. The summed E-state index contributed by atoms with van der Waals surface area (Å²) < 4.78 is 12.0. The highest BCUT2D eigenvalue weighted by Gasteiger charge is 2.14. The van der Waals surface area contributed by atoms with E-state index >= 15 is 0 Å². The third kappa shape index (κ3) is 6.34. The molecule has 1 N–H and O–H groups in total. The van der Waals surface area contributed by atoms with Crippen LogP contribution in [0.1, 0.15) is 18.1 Å². The largest absolute Gasteiger partial charge is 0.481 e. The first-order valence-electron chi connectivity index (χ1n) is 9.18. The lowest BCUT2D eigenvalue weighted by molar-refractivity contribution is -0.127. The number of hydrogen-bond acceptors (Lipinski definition) is 4. The van der Waals surface area contributed by atoms with Crippen LogP contribution in [0.3, 0.4) is 0 Å². The number of halogens is 1. The quantitative estimate of drug-likeness (QED) is 0.728. The summed E-state index contributed by atoms with van der Waals surface area (Å²) in [6.45, 7) is 6.76. The van der Waals surface area contributed by atoms with Crippen molar-refractivity contribution in [3.05, 3.63) is 64.1 Å². The van der Waals surface area contributed by atoms with E-state index in [0.717, 1.165) is 42.9 Å². The van der Waals surface area contributed by atoms with Gasteiger partial charge < -0.3 is 14.8 Å². The molecule has 1 saturated heterocycles. The summed E-state index contributed by atoms with van der Waals surface area (Å²) in [6, 6.07) is 15.8. The zero-order valence-corrected chi connectivity index (χ0v) is 17.1. The summed E-state index contributed by atoms with van der Waals surface area (Å²) >= 11 is 3.38. The Balaban J connectivity index is 1.44. The minimum Gasteiger partial charge on any atom is -0.481 e. The predicted molar refractivity (Wildman–Crippen MR) is 109 cm³/mol. The van der Waals surface area contributed by atoms with Gasteiger partial charge in [-0.15, -0.1) is 0 Å². The number of rotatable bonds is 7. The average Bonchev–Trinajstić information content (AvgIpc) is 2.69. The Morgan fingerprint density at radius 3 is 2.41 bits per heavy atom. The molecular formula is C21H25BrN2O3. The normalized spacial score (nSPS) is 15.9. The van der Waals surface area contributed by atoms with E-state index in [4.69, 9.17) is 9.47 Å². The summed E-state index contributed by atoms with van der Waals surface area (Å²) in [5, 5.41) is 2.93. The van der Waals surface area contributed by atoms with Crippen LogP contribution in [0.2, 0.25) is 0 Å². The molecule has 1 atom stereocenters. The van der Waals surface area contributed by atoms with Crippen LogP contribution in [0.4, 0.5) is 0 Å². The van der Waals surface area contributed by atoms with Gasteiger partial charge in [0.05, 0.1) is 13.2 Å². The standard InChI is InChI=1S/C21H25BrN2O3/c1-16(27-20-8-6-19(22)7-9-20)21(25)23-14-17-2-4-18(5-3-17)15-24-10-12-26-13-11-24/h2-9,16H,10-15H2,1H3,(H,23,25)/t16-/m0/s1. The monoisotopic (exact) mass is 432 g/mol. The fourth-order valence-corrected chi connectivity index (χ4v) is 3.15. The maximum Gasteiger partial charge on any atom is 0.261 e. The Kier molecular flexibility index (Phi) is 7.26. The van der Waals surface area contributed by atoms with Crippen molar-refractivity contribution in [1.29, 1.82) is 0 Å². The molecule has 1 fully saturated rings. The minimum atomic E-state index is -0.549. The average molecular weight is 433 g/mol. The Labute approximate surface area is 168 Å². The first-order valence-corrected chi connectivity index (χ1v) is 9.97. The second-order valence-electron chi connectivity index (χ2n) is 6.64. The third-order valence-corrected chi connectivity index (χ3v) is 5.02. The Morgan fingerprint density at radius 1 is 1.11 bits per heavy atom. The molecule has 0 aromatic heterocycles. The molecule has 1 amide bonds. The molecule has 27 heavy (non-hydrogen) atoms. The highest BCUT2D eigenvalue weighted by Crippen LogP contribution is 2.17. The van der Waals surface area contributed by atoms with Gasteiger partial charge in [-0.25, -0.2) is 0 Å². The lowest BCUT2D eigenvalue weighted by Gasteiger charge is -2.26. The number of benzene rings is 2. The molecule has 5 nitrogen and oxygen atoms in total. The predicted octanol–water partition coefficient (Wildman–Crippen LogP) is 3.37. The van der Waals surface area contributed by atoms with E-state index in [1.165, 1.54) is 5.56 Å². The summed E-state index contributed by atoms with van der Waals surface area (Å²) in [5.41, 5.74) is 2.35. The summed E-state index contributed by atoms with van der Waals surface area (Å²) in [5.74, 6) is 0.545. The molecule has 1 aliphatic rings. The molecule has 1 heterocycles. The molecule has 2 aromatic rings. The van der Waals surface area contributed by atoms with Gasteiger partial charge in [0, 0.05) is 30.7 Å². The molecule has 0 spiro atoms. The maximum absolute atomic E-state index is 12.3. The number of ether oxygens (including phenoxy) is 2. The fourth-order valence-electron chi connectivity index (χ4n) is 2.88. The molecule has 0 radical (unpaired) electrons. The van der Waals surface area contributed by atoms with E-state index in [9.17, 15) is 4.79 Å². The van der Waals surface area contributed by atoms with Crippen LogP contribution in [-0.4, -0.2) is 43.2 Å². The number of carbonyl (C=O) groups excluding carboxylic acids is 1. The number of hydrogen-bond donors (Lipinski definition) is 1. The van der Waals surface area contributed by atoms with Crippen LogP contribution >= 0.6 is 15.9 Å². The molecule has 0 bridgehead atoms.